The van der Waals surface area contributed by atoms with Crippen LogP contribution in [0.4, 0.5) is 5.69 Å². The van der Waals surface area contributed by atoms with Crippen molar-refractivity contribution < 1.29 is 4.74 Å². The van der Waals surface area contributed by atoms with Gasteiger partial charge >= 0.3 is 0 Å². The van der Waals surface area contributed by atoms with Crippen LogP contribution in [-0.4, -0.2) is 9.97 Å². The molecule has 0 spiro atoms. The standard InChI is InChI=1S/C21H14N4O/c22-12-14-1-6-18-19(11-14)20(15-7-9-24-10-8-15)13-25-21(18)26-17-4-2-16(23)3-5-17/h1-11,13H,23H2. The van der Waals surface area contributed by atoms with E-state index in [1.54, 1.807) is 48.9 Å². The van der Waals surface area contributed by atoms with Crippen LogP contribution in [0.3, 0.4) is 0 Å². The zero-order valence-electron chi connectivity index (χ0n) is 13.8. The van der Waals surface area contributed by atoms with Gasteiger partial charge in [0.2, 0.25) is 5.88 Å². The summed E-state index contributed by atoms with van der Waals surface area (Å²) in [4.78, 5) is 8.56. The first-order valence-electron chi connectivity index (χ1n) is 8.01. The van der Waals surface area contributed by atoms with E-state index >= 15 is 0 Å². The van der Waals surface area contributed by atoms with E-state index < -0.39 is 0 Å². The number of ether oxygens (including phenoxy) is 1. The Morgan fingerprint density at radius 2 is 1.69 bits per heavy atom. The Bertz CT molecular complexity index is 1120. The lowest BCUT2D eigenvalue weighted by atomic mass is 10.00. The van der Waals surface area contributed by atoms with Crippen molar-refractivity contribution in [1.29, 1.82) is 5.26 Å². The van der Waals surface area contributed by atoms with Crippen molar-refractivity contribution in [2.75, 3.05) is 5.73 Å². The average molecular weight is 338 g/mol. The number of nitrogen functional groups attached to an aromatic ring is 1. The number of nitrogens with two attached hydrogens (primary N) is 1. The quantitative estimate of drug-likeness (QED) is 0.554. The summed E-state index contributed by atoms with van der Waals surface area (Å²) in [5.74, 6) is 1.13. The first kappa shape index (κ1) is 15.6. The van der Waals surface area contributed by atoms with Crippen LogP contribution in [0.15, 0.2) is 73.2 Å². The number of rotatable bonds is 3. The van der Waals surface area contributed by atoms with Crippen LogP contribution in [0.1, 0.15) is 5.56 Å². The van der Waals surface area contributed by atoms with Crippen molar-refractivity contribution in [1.82, 2.24) is 9.97 Å². The smallest absolute Gasteiger partial charge is 0.227 e. The Balaban J connectivity index is 1.88. The molecule has 4 aromatic rings. The van der Waals surface area contributed by atoms with E-state index in [0.717, 1.165) is 21.9 Å². The summed E-state index contributed by atoms with van der Waals surface area (Å²) >= 11 is 0. The maximum atomic E-state index is 9.27. The van der Waals surface area contributed by atoms with E-state index in [4.69, 9.17) is 10.5 Å². The predicted molar refractivity (Wildman–Crippen MR) is 101 cm³/mol. The summed E-state index contributed by atoms with van der Waals surface area (Å²) in [6.45, 7) is 0. The summed E-state index contributed by atoms with van der Waals surface area (Å²) in [5.41, 5.74) is 8.87. The fourth-order valence-electron chi connectivity index (χ4n) is 2.78. The minimum absolute atomic E-state index is 0.479. The van der Waals surface area contributed by atoms with Gasteiger partial charge in [0.1, 0.15) is 5.75 Å². The van der Waals surface area contributed by atoms with Gasteiger partial charge in [-0.25, -0.2) is 4.98 Å². The second kappa shape index (κ2) is 6.54. The van der Waals surface area contributed by atoms with E-state index in [0.29, 0.717) is 22.9 Å². The van der Waals surface area contributed by atoms with Crippen LogP contribution in [0.25, 0.3) is 21.9 Å². The number of benzene rings is 2. The van der Waals surface area contributed by atoms with E-state index in [1.807, 2.05) is 24.3 Å². The molecule has 0 unspecified atom stereocenters. The van der Waals surface area contributed by atoms with Gasteiger partial charge in [-0.3, -0.25) is 4.98 Å². The summed E-state index contributed by atoms with van der Waals surface area (Å²) < 4.78 is 5.95. The van der Waals surface area contributed by atoms with Gasteiger partial charge in [0.05, 0.1) is 11.6 Å². The molecule has 0 amide bonds. The summed E-state index contributed by atoms with van der Waals surface area (Å²) in [5, 5.41) is 11.0. The van der Waals surface area contributed by atoms with Gasteiger partial charge < -0.3 is 10.5 Å². The Kier molecular flexibility index (Phi) is 3.92. The molecular formula is C21H14N4O. The first-order valence-corrected chi connectivity index (χ1v) is 8.01. The molecule has 5 heteroatoms. The fraction of sp³-hybridized carbons (Fsp3) is 0. The molecule has 2 aromatic carbocycles. The molecule has 0 aliphatic heterocycles. The topological polar surface area (TPSA) is 84.8 Å². The number of anilines is 1. The Hall–Kier alpha value is -3.91. The van der Waals surface area contributed by atoms with Gasteiger partial charge in [-0.05, 0) is 65.5 Å². The number of nitrogens with zero attached hydrogens (tertiary/aromatic N) is 3. The molecule has 124 valence electrons. The van der Waals surface area contributed by atoms with Crippen LogP contribution >= 0.6 is 0 Å². The minimum Gasteiger partial charge on any atom is -0.438 e. The summed E-state index contributed by atoms with van der Waals surface area (Å²) in [6, 6.07) is 18.6. The predicted octanol–water partition coefficient (Wildman–Crippen LogP) is 4.54. The van der Waals surface area contributed by atoms with Gasteiger partial charge in [-0.15, -0.1) is 0 Å². The number of hydrogen-bond acceptors (Lipinski definition) is 5. The van der Waals surface area contributed by atoms with Crippen molar-refractivity contribution in [3.05, 3.63) is 78.8 Å². The zero-order valence-corrected chi connectivity index (χ0v) is 13.8. The third kappa shape index (κ3) is 2.92. The zero-order chi connectivity index (χ0) is 17.9. The third-order valence-electron chi connectivity index (χ3n) is 4.07. The number of aromatic nitrogens is 2. The molecule has 0 atom stereocenters. The molecule has 0 aliphatic rings. The second-order valence-corrected chi connectivity index (χ2v) is 5.76. The van der Waals surface area contributed by atoms with Gasteiger partial charge in [0.15, 0.2) is 0 Å². The third-order valence-corrected chi connectivity index (χ3v) is 4.07. The van der Waals surface area contributed by atoms with Crippen molar-refractivity contribution in [2.45, 2.75) is 0 Å². The molecule has 2 heterocycles. The highest BCUT2D eigenvalue weighted by molar-refractivity contribution is 5.99. The Morgan fingerprint density at radius 3 is 2.42 bits per heavy atom. The van der Waals surface area contributed by atoms with E-state index in [9.17, 15) is 5.26 Å². The average Bonchev–Trinajstić information content (AvgIpc) is 2.70. The molecule has 0 saturated carbocycles. The SMILES string of the molecule is N#Cc1ccc2c(Oc3ccc(N)cc3)ncc(-c3ccncc3)c2c1. The lowest BCUT2D eigenvalue weighted by Gasteiger charge is -2.12. The summed E-state index contributed by atoms with van der Waals surface area (Å²) in [6.07, 6.45) is 5.22. The molecule has 0 saturated heterocycles. The fourth-order valence-corrected chi connectivity index (χ4v) is 2.78. The van der Waals surface area contributed by atoms with Crippen LogP contribution in [0.2, 0.25) is 0 Å². The molecule has 2 aromatic heterocycles. The molecule has 0 radical (unpaired) electrons. The Labute approximate surface area is 150 Å². The van der Waals surface area contributed by atoms with Crippen LogP contribution in [0, 0.1) is 11.3 Å². The number of nitriles is 1. The van der Waals surface area contributed by atoms with Crippen molar-refractivity contribution in [3.63, 3.8) is 0 Å². The lowest BCUT2D eigenvalue weighted by Crippen LogP contribution is -1.93. The lowest BCUT2D eigenvalue weighted by molar-refractivity contribution is 0.469. The largest absolute Gasteiger partial charge is 0.438 e. The van der Waals surface area contributed by atoms with Crippen molar-refractivity contribution in [2.24, 2.45) is 0 Å². The van der Waals surface area contributed by atoms with E-state index in [2.05, 4.69) is 16.0 Å². The molecule has 5 nitrogen and oxygen atoms in total. The highest BCUT2D eigenvalue weighted by atomic mass is 16.5. The van der Waals surface area contributed by atoms with Gasteiger partial charge in [-0.1, -0.05) is 0 Å². The van der Waals surface area contributed by atoms with Gasteiger partial charge in [0, 0.05) is 35.2 Å². The highest BCUT2D eigenvalue weighted by Crippen LogP contribution is 2.35. The Morgan fingerprint density at radius 1 is 0.923 bits per heavy atom. The van der Waals surface area contributed by atoms with E-state index in [1.165, 1.54) is 0 Å². The van der Waals surface area contributed by atoms with Gasteiger partial charge in [0.25, 0.3) is 0 Å². The monoisotopic (exact) mass is 338 g/mol. The maximum absolute atomic E-state index is 9.27. The highest BCUT2D eigenvalue weighted by Gasteiger charge is 2.12. The molecule has 0 aliphatic carbocycles. The summed E-state index contributed by atoms with van der Waals surface area (Å²) in [7, 11) is 0. The molecule has 2 N–H and O–H groups in total. The van der Waals surface area contributed by atoms with Gasteiger partial charge in [-0.2, -0.15) is 5.26 Å². The molecule has 0 bridgehead atoms. The molecular weight excluding hydrogens is 324 g/mol. The number of hydrogen-bond donors (Lipinski definition) is 1. The molecule has 4 rings (SSSR count). The first-order chi connectivity index (χ1) is 12.7. The minimum atomic E-state index is 0.479. The molecule has 26 heavy (non-hydrogen) atoms. The normalized spacial score (nSPS) is 10.4. The van der Waals surface area contributed by atoms with Crippen LogP contribution in [0.5, 0.6) is 11.6 Å². The van der Waals surface area contributed by atoms with Crippen molar-refractivity contribution in [3.8, 4) is 28.8 Å². The van der Waals surface area contributed by atoms with E-state index in [-0.39, 0.29) is 0 Å². The molecule has 0 fully saturated rings. The second-order valence-electron chi connectivity index (χ2n) is 5.76. The maximum Gasteiger partial charge on any atom is 0.227 e. The van der Waals surface area contributed by atoms with Crippen LogP contribution in [-0.2, 0) is 0 Å². The number of fused-ring (bicyclic) bond motifs is 1. The van der Waals surface area contributed by atoms with Crippen LogP contribution < -0.4 is 10.5 Å². The van der Waals surface area contributed by atoms with Crippen molar-refractivity contribution >= 4 is 16.5 Å². The number of pyridine rings is 2.